The van der Waals surface area contributed by atoms with Gasteiger partial charge in [-0.3, -0.25) is 4.68 Å². The highest BCUT2D eigenvalue weighted by atomic mass is 19.1. The average Bonchev–Trinajstić information content (AvgIpc) is 3.37. The molecule has 0 spiro atoms. The Morgan fingerprint density at radius 3 is 2.85 bits per heavy atom. The molecule has 0 amide bonds. The van der Waals surface area contributed by atoms with Gasteiger partial charge in [0.05, 0.1) is 23.1 Å². The van der Waals surface area contributed by atoms with Gasteiger partial charge in [0.15, 0.2) is 11.6 Å². The molecule has 2 radical (unpaired) electrons. The van der Waals surface area contributed by atoms with Gasteiger partial charge < -0.3 is 15.2 Å². The molecular weight excluding hydrogens is 436 g/mol. The van der Waals surface area contributed by atoms with Crippen LogP contribution in [0, 0.1) is 5.82 Å². The first-order valence-electron chi connectivity index (χ1n) is 10.9. The minimum Gasteiger partial charge on any atom is -0.489 e. The van der Waals surface area contributed by atoms with Gasteiger partial charge in [-0.25, -0.2) is 9.37 Å². The zero-order valence-electron chi connectivity index (χ0n) is 19.1. The zero-order valence-corrected chi connectivity index (χ0v) is 19.1. The van der Waals surface area contributed by atoms with E-state index in [0.717, 1.165) is 16.8 Å². The van der Waals surface area contributed by atoms with Crippen molar-refractivity contribution in [3.05, 3.63) is 59.3 Å². The molecule has 1 aliphatic rings. The van der Waals surface area contributed by atoms with Crippen molar-refractivity contribution in [2.24, 2.45) is 7.05 Å². The fourth-order valence-corrected chi connectivity index (χ4v) is 4.36. The summed E-state index contributed by atoms with van der Waals surface area (Å²) in [5.74, 6) is 0.160. The fourth-order valence-electron chi connectivity index (χ4n) is 4.36. The molecule has 172 valence electrons. The lowest BCUT2D eigenvalue weighted by Crippen LogP contribution is -2.31. The number of benzene rings is 1. The largest absolute Gasteiger partial charge is 0.489 e. The van der Waals surface area contributed by atoms with Crippen LogP contribution in [-0.2, 0) is 25.5 Å². The Labute approximate surface area is 197 Å². The first-order chi connectivity index (χ1) is 16.3. The number of hydrogen-bond acceptors (Lipinski definition) is 7. The molecule has 0 saturated heterocycles. The monoisotopic (exact) mass is 459 g/mol. The Balaban J connectivity index is 1.83. The van der Waals surface area contributed by atoms with Gasteiger partial charge in [-0.1, -0.05) is 0 Å². The van der Waals surface area contributed by atoms with Crippen LogP contribution in [0.4, 0.5) is 10.2 Å². The molecule has 5 rings (SSSR count). The lowest BCUT2D eigenvalue weighted by atomic mass is 9.74. The number of anilines is 1. The molecule has 11 heteroatoms. The molecule has 3 aromatic heterocycles. The summed E-state index contributed by atoms with van der Waals surface area (Å²) in [6, 6.07) is 6.13. The van der Waals surface area contributed by atoms with E-state index in [-0.39, 0.29) is 6.73 Å². The first-order valence-corrected chi connectivity index (χ1v) is 10.9. The molecule has 1 atom stereocenters. The molecule has 0 saturated carbocycles. The molecule has 1 aliphatic heterocycles. The summed E-state index contributed by atoms with van der Waals surface area (Å²) in [6.45, 7) is 3.94. The van der Waals surface area contributed by atoms with E-state index < -0.39 is 11.3 Å². The maximum atomic E-state index is 14.4. The number of aryl methyl sites for hydroxylation is 2. The smallest absolute Gasteiger partial charge is 0.170 e. The normalized spacial score (nSPS) is 17.0. The number of aromatic nitrogens is 6. The molecule has 34 heavy (non-hydrogen) atoms. The van der Waals surface area contributed by atoms with E-state index in [1.807, 2.05) is 17.8 Å². The Kier molecular flexibility index (Phi) is 5.36. The second-order valence-corrected chi connectivity index (χ2v) is 8.30. The van der Waals surface area contributed by atoms with E-state index in [4.69, 9.17) is 12.6 Å². The third kappa shape index (κ3) is 3.71. The number of nitrogens with zero attached hydrogens (tertiary/aromatic N) is 6. The Morgan fingerprint density at radius 2 is 2.09 bits per heavy atom. The van der Waals surface area contributed by atoms with Crippen molar-refractivity contribution in [1.29, 1.82) is 0 Å². The number of ether oxygens (including phenoxy) is 1. The van der Waals surface area contributed by atoms with Gasteiger partial charge in [0.1, 0.15) is 26.1 Å². The summed E-state index contributed by atoms with van der Waals surface area (Å²) in [7, 11) is 8.40. The molecular formula is C23H23BFN7O2. The number of nitrogens with one attached hydrogen (secondary N) is 1. The quantitative estimate of drug-likeness (QED) is 0.359. The lowest BCUT2D eigenvalue weighted by Gasteiger charge is -2.31. The summed E-state index contributed by atoms with van der Waals surface area (Å²) in [5.41, 5.74) is 3.39. The summed E-state index contributed by atoms with van der Waals surface area (Å²) in [6.07, 6.45) is 3.94. The van der Waals surface area contributed by atoms with Crippen molar-refractivity contribution < 1.29 is 14.2 Å². The SMILES string of the molecule is [B][C@]1(C)Oc2cc(cnc2NCO)-c2c(cnn2CC)Cc2nn(C)nc2-c2ccc(F)cc21. The van der Waals surface area contributed by atoms with Crippen LogP contribution >= 0.6 is 0 Å². The summed E-state index contributed by atoms with van der Waals surface area (Å²) in [4.78, 5) is 5.95. The average molecular weight is 459 g/mol. The van der Waals surface area contributed by atoms with E-state index in [0.29, 0.717) is 47.0 Å². The summed E-state index contributed by atoms with van der Waals surface area (Å²) >= 11 is 0. The van der Waals surface area contributed by atoms with Crippen LogP contribution in [0.5, 0.6) is 5.75 Å². The fraction of sp³-hybridized carbons (Fsp3) is 0.304. The number of hydrogen-bond donors (Lipinski definition) is 2. The van der Waals surface area contributed by atoms with Gasteiger partial charge in [-0.15, -0.1) is 0 Å². The van der Waals surface area contributed by atoms with Crippen molar-refractivity contribution in [3.8, 4) is 28.3 Å². The van der Waals surface area contributed by atoms with E-state index in [2.05, 4.69) is 25.6 Å². The Morgan fingerprint density at radius 1 is 1.26 bits per heavy atom. The molecule has 2 N–H and O–H groups in total. The highest BCUT2D eigenvalue weighted by Crippen LogP contribution is 2.40. The van der Waals surface area contributed by atoms with E-state index in [9.17, 15) is 9.50 Å². The molecule has 0 fully saturated rings. The summed E-state index contributed by atoms with van der Waals surface area (Å²) in [5, 5.41) is 26.0. The number of fused-ring (bicyclic) bond motifs is 7. The highest BCUT2D eigenvalue weighted by molar-refractivity contribution is 6.15. The standard InChI is InChI=1S/C23H23BFN7O2/c1-4-32-21-13(11-28-32)7-18-20(30-31(3)29-18)16-6-5-15(25)9-17(16)23(2,24)34-19-8-14(21)10-26-22(19)27-12-33/h5-6,8-11,33H,4,7,12H2,1-3H3,(H,26,27)/t23-/m1/s1. The first kappa shape index (κ1) is 22.1. The van der Waals surface area contributed by atoms with Crippen LogP contribution in [0.1, 0.15) is 30.7 Å². The lowest BCUT2D eigenvalue weighted by molar-refractivity contribution is 0.179. The number of rotatable bonds is 3. The zero-order chi connectivity index (χ0) is 24.0. The van der Waals surface area contributed by atoms with E-state index >= 15 is 0 Å². The number of aliphatic hydroxyl groups excluding tert-OH is 1. The molecule has 4 aromatic rings. The minimum absolute atomic E-state index is 0.307. The van der Waals surface area contributed by atoms with Crippen LogP contribution in [0.3, 0.4) is 0 Å². The van der Waals surface area contributed by atoms with Crippen LogP contribution in [0.2, 0.25) is 0 Å². The van der Waals surface area contributed by atoms with Gasteiger partial charge in [-0.2, -0.15) is 20.1 Å². The third-order valence-electron chi connectivity index (χ3n) is 5.82. The predicted octanol–water partition coefficient (Wildman–Crippen LogP) is 2.59. The molecule has 2 bridgehead atoms. The van der Waals surface area contributed by atoms with Crippen LogP contribution < -0.4 is 10.1 Å². The predicted molar refractivity (Wildman–Crippen MR) is 125 cm³/mol. The molecule has 0 unspecified atom stereocenters. The van der Waals surface area contributed by atoms with Crippen molar-refractivity contribution in [2.45, 2.75) is 32.3 Å². The number of pyridine rings is 1. The Hall–Kier alpha value is -3.73. The van der Waals surface area contributed by atoms with Crippen molar-refractivity contribution in [3.63, 3.8) is 0 Å². The number of halogens is 1. The van der Waals surface area contributed by atoms with Gasteiger partial charge in [0.2, 0.25) is 0 Å². The van der Waals surface area contributed by atoms with Crippen molar-refractivity contribution in [2.75, 3.05) is 12.0 Å². The molecule has 9 nitrogen and oxygen atoms in total. The molecule has 1 aromatic carbocycles. The minimum atomic E-state index is -1.47. The van der Waals surface area contributed by atoms with Gasteiger partial charge >= 0.3 is 0 Å². The van der Waals surface area contributed by atoms with E-state index in [1.54, 1.807) is 32.3 Å². The topological polar surface area (TPSA) is 103 Å². The van der Waals surface area contributed by atoms with Crippen molar-refractivity contribution in [1.82, 2.24) is 29.8 Å². The second kappa shape index (κ2) is 8.25. The Bertz CT molecular complexity index is 1380. The maximum absolute atomic E-state index is 14.4. The highest BCUT2D eigenvalue weighted by Gasteiger charge is 2.31. The van der Waals surface area contributed by atoms with Gasteiger partial charge in [0.25, 0.3) is 0 Å². The van der Waals surface area contributed by atoms with Crippen LogP contribution in [0.25, 0.3) is 22.5 Å². The molecule has 4 heterocycles. The summed E-state index contributed by atoms with van der Waals surface area (Å²) < 4.78 is 22.5. The second-order valence-electron chi connectivity index (χ2n) is 8.30. The van der Waals surface area contributed by atoms with Crippen molar-refractivity contribution >= 4 is 13.7 Å². The maximum Gasteiger partial charge on any atom is 0.170 e. The van der Waals surface area contributed by atoms with Crippen LogP contribution in [-0.4, -0.2) is 49.4 Å². The number of aliphatic hydroxyl groups is 1. The van der Waals surface area contributed by atoms with Gasteiger partial charge in [-0.05, 0) is 43.7 Å². The van der Waals surface area contributed by atoms with Crippen LogP contribution in [0.15, 0.2) is 36.7 Å². The molecule has 0 aliphatic carbocycles. The van der Waals surface area contributed by atoms with Gasteiger partial charge in [0, 0.05) is 42.9 Å². The third-order valence-corrected chi connectivity index (χ3v) is 5.82. The van der Waals surface area contributed by atoms with E-state index in [1.165, 1.54) is 16.9 Å².